The molecule has 63 heavy (non-hydrogen) atoms. The van der Waals surface area contributed by atoms with Crippen molar-refractivity contribution in [3.63, 3.8) is 0 Å². The largest absolute Gasteiger partial charge is 0.375 e. The maximum absolute atomic E-state index is 2.73. The van der Waals surface area contributed by atoms with Gasteiger partial charge in [-0.15, -0.1) is 0 Å². The third-order valence-corrected chi connectivity index (χ3v) is 14.1. The molecule has 2 aliphatic rings. The van der Waals surface area contributed by atoms with Crippen LogP contribution in [-0.4, -0.2) is 20.5 Å². The molecular formula is C58H47BN4. The average molecular weight is 811 g/mol. The fourth-order valence-electron chi connectivity index (χ4n) is 11.2. The Kier molecular flexibility index (Phi) is 7.33. The number of fused-ring (bicyclic) bond motifs is 13. The highest BCUT2D eigenvalue weighted by Crippen LogP contribution is 2.50. The van der Waals surface area contributed by atoms with Crippen LogP contribution in [0, 0.1) is 0 Å². The molecule has 2 aliphatic heterocycles. The maximum atomic E-state index is 2.73. The molecule has 0 saturated carbocycles. The van der Waals surface area contributed by atoms with Crippen LogP contribution in [0.15, 0.2) is 176 Å². The number of aromatic nitrogens is 3. The lowest BCUT2D eigenvalue weighted by Crippen LogP contribution is -2.56. The van der Waals surface area contributed by atoms with Gasteiger partial charge in [0.2, 0.25) is 0 Å². The second-order valence-electron chi connectivity index (χ2n) is 19.8. The van der Waals surface area contributed by atoms with Crippen molar-refractivity contribution in [1.29, 1.82) is 0 Å². The van der Waals surface area contributed by atoms with Crippen LogP contribution in [-0.2, 0) is 10.8 Å². The van der Waals surface area contributed by atoms with Crippen molar-refractivity contribution in [1.82, 2.24) is 13.6 Å². The molecule has 0 fully saturated rings. The predicted octanol–water partition coefficient (Wildman–Crippen LogP) is 13.8. The Balaban J connectivity index is 1.23. The topological polar surface area (TPSA) is 18.0 Å². The number of anilines is 3. The van der Waals surface area contributed by atoms with Gasteiger partial charge in [-0.3, -0.25) is 9.47 Å². The fourth-order valence-corrected chi connectivity index (χ4v) is 11.2. The first-order valence-corrected chi connectivity index (χ1v) is 22.4. The van der Waals surface area contributed by atoms with Gasteiger partial charge < -0.3 is 9.05 Å². The summed E-state index contributed by atoms with van der Waals surface area (Å²) in [6.07, 6.45) is 0. The van der Waals surface area contributed by atoms with Crippen LogP contribution in [0.4, 0.5) is 17.2 Å². The molecule has 0 amide bonds. The van der Waals surface area contributed by atoms with Gasteiger partial charge in [0.25, 0.3) is 0 Å². The highest BCUT2D eigenvalue weighted by Gasteiger charge is 2.46. The van der Waals surface area contributed by atoms with Gasteiger partial charge in [0.05, 0.1) is 16.6 Å². The smallest absolute Gasteiger partial charge is 0.335 e. The van der Waals surface area contributed by atoms with E-state index < -0.39 is 0 Å². The molecule has 0 unspecified atom stereocenters. The number of hydrogen-bond acceptors (Lipinski definition) is 1. The lowest BCUT2D eigenvalue weighted by Gasteiger charge is -2.41. The minimum atomic E-state index is -0.103. The molecule has 0 saturated heterocycles. The molecule has 0 radical (unpaired) electrons. The van der Waals surface area contributed by atoms with Crippen molar-refractivity contribution in [2.75, 3.05) is 4.90 Å². The molecule has 13 rings (SSSR count). The van der Waals surface area contributed by atoms with Gasteiger partial charge in [-0.05, 0) is 105 Å². The highest BCUT2D eigenvalue weighted by molar-refractivity contribution is 6.91. The molecule has 0 atom stereocenters. The summed E-state index contributed by atoms with van der Waals surface area (Å²) in [5.74, 6) is 1.19. The minimum Gasteiger partial charge on any atom is -0.375 e. The summed E-state index contributed by atoms with van der Waals surface area (Å²) in [6.45, 7) is 13.9. The first-order valence-electron chi connectivity index (χ1n) is 22.4. The lowest BCUT2D eigenvalue weighted by atomic mass is 9.45. The first kappa shape index (κ1) is 36.4. The fraction of sp³-hybridized carbons (Fsp3) is 0.138. The van der Waals surface area contributed by atoms with Gasteiger partial charge in [0.1, 0.15) is 5.82 Å². The molecule has 0 spiro atoms. The molecule has 11 aromatic rings. The van der Waals surface area contributed by atoms with Gasteiger partial charge >= 0.3 is 6.85 Å². The van der Waals surface area contributed by atoms with Crippen LogP contribution in [0.25, 0.3) is 77.0 Å². The second kappa shape index (κ2) is 12.7. The van der Waals surface area contributed by atoms with Crippen molar-refractivity contribution >= 4 is 89.5 Å². The Hall–Kier alpha value is -7.24. The number of nitrogens with zero attached hydrogens (tertiary/aromatic N) is 4. The summed E-state index contributed by atoms with van der Waals surface area (Å²) in [6, 6.07) is 66.2. The zero-order chi connectivity index (χ0) is 42.5. The van der Waals surface area contributed by atoms with E-state index in [-0.39, 0.29) is 17.7 Å². The highest BCUT2D eigenvalue weighted by atomic mass is 15.3. The van der Waals surface area contributed by atoms with Gasteiger partial charge in [0.15, 0.2) is 0 Å². The van der Waals surface area contributed by atoms with Gasteiger partial charge in [-0.25, -0.2) is 0 Å². The summed E-state index contributed by atoms with van der Waals surface area (Å²) >= 11 is 0. The van der Waals surface area contributed by atoms with E-state index >= 15 is 0 Å². The van der Waals surface area contributed by atoms with E-state index in [1.807, 2.05) is 0 Å². The standard InChI is InChI=1S/C58H47BN4/c1-57(2,3)36-28-30-40(31-29-36)62-50-35-37(58(4,5)6)34-45-41-24-17-25-44-52-49(33-32-48-51(52)42-22-13-15-26-46(42)60(48)38-18-9-7-10-19-38)63(55(41)44)59(53(45)50)54-43-23-14-16-27-47(43)61(56(54)62)39-20-11-8-12-21-39/h7-35H,1-6H3. The van der Waals surface area contributed by atoms with Crippen molar-refractivity contribution in [3.05, 3.63) is 187 Å². The van der Waals surface area contributed by atoms with Crippen LogP contribution in [0.1, 0.15) is 52.7 Å². The quantitative estimate of drug-likeness (QED) is 0.163. The zero-order valence-corrected chi connectivity index (χ0v) is 36.6. The molecule has 5 heterocycles. The van der Waals surface area contributed by atoms with Gasteiger partial charge in [0, 0.05) is 66.4 Å². The van der Waals surface area contributed by atoms with Crippen LogP contribution >= 0.6 is 0 Å². The van der Waals surface area contributed by atoms with Crippen LogP contribution in [0.2, 0.25) is 0 Å². The minimum absolute atomic E-state index is 0.0321. The third kappa shape index (κ3) is 4.94. The third-order valence-electron chi connectivity index (χ3n) is 14.1. The van der Waals surface area contributed by atoms with Crippen LogP contribution in [0.3, 0.4) is 0 Å². The Bertz CT molecular complexity index is 3690. The first-order chi connectivity index (χ1) is 30.6. The zero-order valence-electron chi connectivity index (χ0n) is 36.6. The van der Waals surface area contributed by atoms with Gasteiger partial charge in [-0.1, -0.05) is 151 Å². The normalized spacial score (nSPS) is 13.5. The maximum Gasteiger partial charge on any atom is 0.335 e. The van der Waals surface area contributed by atoms with E-state index in [1.54, 1.807) is 0 Å². The Labute approximate surface area is 368 Å². The van der Waals surface area contributed by atoms with E-state index in [4.69, 9.17) is 0 Å². The Morgan fingerprint density at radius 1 is 0.397 bits per heavy atom. The van der Waals surface area contributed by atoms with Gasteiger partial charge in [-0.2, -0.15) is 0 Å². The van der Waals surface area contributed by atoms with E-state index in [1.165, 1.54) is 105 Å². The monoisotopic (exact) mass is 810 g/mol. The van der Waals surface area contributed by atoms with E-state index in [0.717, 1.165) is 11.4 Å². The van der Waals surface area contributed by atoms with Crippen LogP contribution < -0.4 is 15.8 Å². The summed E-state index contributed by atoms with van der Waals surface area (Å²) in [5.41, 5.74) is 18.8. The molecular weight excluding hydrogens is 763 g/mol. The molecule has 0 N–H and O–H groups in total. The number of rotatable bonds is 3. The molecule has 8 aromatic carbocycles. The average Bonchev–Trinajstić information content (AvgIpc) is 3.94. The van der Waals surface area contributed by atoms with Crippen molar-refractivity contribution in [3.8, 4) is 22.5 Å². The Morgan fingerprint density at radius 2 is 0.968 bits per heavy atom. The Morgan fingerprint density at radius 3 is 1.65 bits per heavy atom. The van der Waals surface area contributed by atoms with Crippen molar-refractivity contribution in [2.24, 2.45) is 0 Å². The second-order valence-corrected chi connectivity index (χ2v) is 19.8. The summed E-state index contributed by atoms with van der Waals surface area (Å²) < 4.78 is 7.72. The molecule has 5 heteroatoms. The number of hydrogen-bond donors (Lipinski definition) is 0. The number of para-hydroxylation sites is 5. The SMILES string of the molecule is CC(C)(C)c1ccc(N2c3cc(C(C)(C)C)cc4c3B(c3c2n(-c2ccccc2)c2ccccc32)n2c3ccc5c(c6ccccc6n5-c5ccccc5)c3c3cccc-4c32)cc1. The summed E-state index contributed by atoms with van der Waals surface area (Å²) in [5, 5.41) is 6.46. The van der Waals surface area contributed by atoms with Crippen molar-refractivity contribution < 1.29 is 0 Å². The lowest BCUT2D eigenvalue weighted by molar-refractivity contribution is 0.590. The van der Waals surface area contributed by atoms with Crippen molar-refractivity contribution in [2.45, 2.75) is 52.4 Å². The molecule has 3 aromatic heterocycles. The van der Waals surface area contributed by atoms with E-state index in [0.29, 0.717) is 0 Å². The molecule has 302 valence electrons. The number of benzene rings is 8. The molecule has 0 aliphatic carbocycles. The van der Waals surface area contributed by atoms with E-state index in [2.05, 4.69) is 236 Å². The van der Waals surface area contributed by atoms with Crippen LogP contribution in [0.5, 0.6) is 0 Å². The predicted molar refractivity (Wildman–Crippen MR) is 269 cm³/mol. The molecule has 0 bridgehead atoms. The molecule has 4 nitrogen and oxygen atoms in total. The van der Waals surface area contributed by atoms with E-state index in [9.17, 15) is 0 Å². The summed E-state index contributed by atoms with van der Waals surface area (Å²) in [7, 11) is 0. The summed E-state index contributed by atoms with van der Waals surface area (Å²) in [4.78, 5) is 2.60.